The number of hydroxylamine groups is 2. The first-order valence-electron chi connectivity index (χ1n) is 9.93. The lowest BCUT2D eigenvalue weighted by Gasteiger charge is -2.33. The number of ether oxygens (including phenoxy) is 1. The quantitative estimate of drug-likeness (QED) is 0.446. The molecule has 3 rings (SSSR count). The highest BCUT2D eigenvalue weighted by molar-refractivity contribution is 5.90. The fourth-order valence-corrected chi connectivity index (χ4v) is 3.92. The van der Waals surface area contributed by atoms with E-state index in [2.05, 4.69) is 10.9 Å². The van der Waals surface area contributed by atoms with Crippen molar-refractivity contribution in [3.05, 3.63) is 0 Å². The van der Waals surface area contributed by atoms with Crippen molar-refractivity contribution in [3.8, 4) is 0 Å². The molecule has 0 aromatic carbocycles. The molecule has 3 heterocycles. The number of carbonyl (C=O) groups excluding carboxylic acids is 4. The summed E-state index contributed by atoms with van der Waals surface area (Å²) in [5.41, 5.74) is 4.18. The summed E-state index contributed by atoms with van der Waals surface area (Å²) >= 11 is 0. The molecule has 2 unspecified atom stereocenters. The minimum atomic E-state index is -0.735. The molecule has 3 saturated heterocycles. The molecule has 3 N–H and O–H groups in total. The van der Waals surface area contributed by atoms with Gasteiger partial charge in [0, 0.05) is 19.6 Å². The van der Waals surface area contributed by atoms with Gasteiger partial charge in [-0.2, -0.15) is 0 Å². The average molecular weight is 411 g/mol. The van der Waals surface area contributed by atoms with Crippen molar-refractivity contribution < 1.29 is 29.1 Å². The molecule has 3 atom stereocenters. The standard InChI is InChI=1S/C18H29N5O6/c1-18(2,3)29-17(27)21-8-4-5-11(9-21)14(24)19-20-15(25)13-7-6-12-10-22(13)16(26)23(12)28/h11-13,28H,4-10H2,1-3H3,(H,19,24)(H,20,25)/t11?,12?,13-/m0/s1. The third kappa shape index (κ3) is 4.72. The fraction of sp³-hybridized carbons (Fsp3) is 0.778. The molecular weight excluding hydrogens is 382 g/mol. The van der Waals surface area contributed by atoms with Gasteiger partial charge in [-0.1, -0.05) is 0 Å². The molecule has 0 aromatic heterocycles. The van der Waals surface area contributed by atoms with Gasteiger partial charge in [0.25, 0.3) is 5.91 Å². The maximum absolute atomic E-state index is 12.5. The minimum Gasteiger partial charge on any atom is -0.444 e. The van der Waals surface area contributed by atoms with Crippen LogP contribution in [0.1, 0.15) is 46.5 Å². The van der Waals surface area contributed by atoms with E-state index in [9.17, 15) is 24.4 Å². The van der Waals surface area contributed by atoms with Gasteiger partial charge in [0.1, 0.15) is 11.6 Å². The zero-order valence-electron chi connectivity index (χ0n) is 17.0. The van der Waals surface area contributed by atoms with E-state index in [1.165, 1.54) is 9.80 Å². The minimum absolute atomic E-state index is 0.214. The molecule has 11 heteroatoms. The lowest BCUT2D eigenvalue weighted by atomic mass is 9.97. The third-order valence-electron chi connectivity index (χ3n) is 5.40. The van der Waals surface area contributed by atoms with Crippen LogP contribution in [0.15, 0.2) is 0 Å². The van der Waals surface area contributed by atoms with Gasteiger partial charge in [-0.3, -0.25) is 25.6 Å². The van der Waals surface area contributed by atoms with E-state index in [1.807, 2.05) is 0 Å². The summed E-state index contributed by atoms with van der Waals surface area (Å²) in [5.74, 6) is -1.36. The highest BCUT2D eigenvalue weighted by Crippen LogP contribution is 2.28. The van der Waals surface area contributed by atoms with E-state index in [0.717, 1.165) is 0 Å². The first kappa shape index (κ1) is 21.2. The predicted octanol–water partition coefficient (Wildman–Crippen LogP) is 0.439. The van der Waals surface area contributed by atoms with Crippen molar-refractivity contribution in [2.75, 3.05) is 19.6 Å². The molecule has 0 spiro atoms. The van der Waals surface area contributed by atoms with Gasteiger partial charge in [-0.25, -0.2) is 14.7 Å². The molecule has 29 heavy (non-hydrogen) atoms. The smallest absolute Gasteiger partial charge is 0.410 e. The number of rotatable bonds is 2. The highest BCUT2D eigenvalue weighted by atomic mass is 16.6. The van der Waals surface area contributed by atoms with Crippen LogP contribution in [0.2, 0.25) is 0 Å². The molecule has 5 amide bonds. The Labute approximate surface area is 169 Å². The summed E-state index contributed by atoms with van der Waals surface area (Å²) < 4.78 is 5.35. The van der Waals surface area contributed by atoms with Crippen LogP contribution in [0.5, 0.6) is 0 Å². The second-order valence-electron chi connectivity index (χ2n) is 8.77. The number of fused-ring (bicyclic) bond motifs is 2. The Bertz CT molecular complexity index is 693. The van der Waals surface area contributed by atoms with Gasteiger partial charge in [-0.05, 0) is 46.5 Å². The number of carbonyl (C=O) groups is 4. The topological polar surface area (TPSA) is 132 Å². The highest BCUT2D eigenvalue weighted by Gasteiger charge is 2.46. The Morgan fingerprint density at radius 3 is 2.45 bits per heavy atom. The van der Waals surface area contributed by atoms with Gasteiger partial charge in [0.15, 0.2) is 0 Å². The summed E-state index contributed by atoms with van der Waals surface area (Å²) in [5, 5.41) is 10.4. The van der Waals surface area contributed by atoms with E-state index in [4.69, 9.17) is 4.74 Å². The second-order valence-corrected chi connectivity index (χ2v) is 8.77. The number of likely N-dealkylation sites (tertiary alicyclic amines) is 1. The molecule has 11 nitrogen and oxygen atoms in total. The van der Waals surface area contributed by atoms with Gasteiger partial charge in [0.05, 0.1) is 12.0 Å². The Morgan fingerprint density at radius 1 is 1.07 bits per heavy atom. The van der Waals surface area contributed by atoms with Crippen molar-refractivity contribution in [1.82, 2.24) is 25.7 Å². The lowest BCUT2D eigenvalue weighted by Crippen LogP contribution is -2.56. The van der Waals surface area contributed by atoms with Crippen LogP contribution in [-0.4, -0.2) is 81.3 Å². The maximum Gasteiger partial charge on any atom is 0.410 e. The average Bonchev–Trinajstić information content (AvgIpc) is 2.89. The Morgan fingerprint density at radius 2 is 1.76 bits per heavy atom. The molecule has 0 aliphatic carbocycles. The van der Waals surface area contributed by atoms with E-state index >= 15 is 0 Å². The van der Waals surface area contributed by atoms with Gasteiger partial charge in [-0.15, -0.1) is 0 Å². The van der Waals surface area contributed by atoms with Crippen molar-refractivity contribution in [2.24, 2.45) is 5.92 Å². The number of amides is 5. The summed E-state index contributed by atoms with van der Waals surface area (Å²) in [4.78, 5) is 51.9. The number of nitrogens with one attached hydrogen (secondary N) is 2. The van der Waals surface area contributed by atoms with Crippen LogP contribution in [-0.2, 0) is 14.3 Å². The molecule has 0 saturated carbocycles. The van der Waals surface area contributed by atoms with E-state index in [0.29, 0.717) is 37.3 Å². The van der Waals surface area contributed by atoms with Crippen LogP contribution in [0.4, 0.5) is 9.59 Å². The normalized spacial score (nSPS) is 27.0. The SMILES string of the molecule is CC(C)(C)OC(=O)N1CCCC(C(=O)NNC(=O)[C@@H]2CCC3CN2C(=O)N3O)C1. The van der Waals surface area contributed by atoms with Crippen LogP contribution < -0.4 is 10.9 Å². The first-order valence-corrected chi connectivity index (χ1v) is 9.93. The molecule has 0 aromatic rings. The summed E-state index contributed by atoms with van der Waals surface area (Å²) in [6, 6.07) is -1.62. The number of hydrogen-bond donors (Lipinski definition) is 3. The van der Waals surface area contributed by atoms with Gasteiger partial charge >= 0.3 is 12.1 Å². The van der Waals surface area contributed by atoms with Crippen LogP contribution in [0.25, 0.3) is 0 Å². The molecule has 162 valence electrons. The third-order valence-corrected chi connectivity index (χ3v) is 5.40. The van der Waals surface area contributed by atoms with Crippen LogP contribution in [0.3, 0.4) is 0 Å². The van der Waals surface area contributed by atoms with Crippen LogP contribution in [0, 0.1) is 5.92 Å². The van der Waals surface area contributed by atoms with Gasteiger partial charge < -0.3 is 14.5 Å². The summed E-state index contributed by atoms with van der Waals surface area (Å²) in [7, 11) is 0. The van der Waals surface area contributed by atoms with Gasteiger partial charge in [0.2, 0.25) is 5.91 Å². The van der Waals surface area contributed by atoms with Crippen LogP contribution >= 0.6 is 0 Å². The fourth-order valence-electron chi connectivity index (χ4n) is 3.92. The van der Waals surface area contributed by atoms with E-state index in [1.54, 1.807) is 20.8 Å². The number of urea groups is 1. The maximum atomic E-state index is 12.5. The molecule has 0 radical (unpaired) electrons. The Balaban J connectivity index is 1.49. The van der Waals surface area contributed by atoms with Crippen molar-refractivity contribution in [1.29, 1.82) is 0 Å². The van der Waals surface area contributed by atoms with E-state index in [-0.39, 0.29) is 19.1 Å². The number of hydrazine groups is 1. The molecule has 2 bridgehead atoms. The largest absolute Gasteiger partial charge is 0.444 e. The number of nitrogens with zero attached hydrogens (tertiary/aromatic N) is 3. The second kappa shape index (κ2) is 8.05. The number of piperidine rings is 2. The van der Waals surface area contributed by atoms with Crippen molar-refractivity contribution in [2.45, 2.75) is 64.1 Å². The monoisotopic (exact) mass is 411 g/mol. The first-order chi connectivity index (χ1) is 13.6. The Hall–Kier alpha value is -2.56. The number of hydrogen-bond acceptors (Lipinski definition) is 6. The summed E-state index contributed by atoms with van der Waals surface area (Å²) in [6.45, 7) is 6.36. The predicted molar refractivity (Wildman–Crippen MR) is 99.4 cm³/mol. The lowest BCUT2D eigenvalue weighted by molar-refractivity contribution is -0.134. The molecule has 3 fully saturated rings. The summed E-state index contributed by atoms with van der Waals surface area (Å²) in [6.07, 6.45) is 1.71. The van der Waals surface area contributed by atoms with Crippen molar-refractivity contribution >= 4 is 23.9 Å². The Kier molecular flexibility index (Phi) is 5.87. The van der Waals surface area contributed by atoms with Crippen molar-refractivity contribution in [3.63, 3.8) is 0 Å². The molecular formula is C18H29N5O6. The molecule has 3 aliphatic heterocycles. The zero-order chi connectivity index (χ0) is 21.3. The zero-order valence-corrected chi connectivity index (χ0v) is 17.0. The van der Waals surface area contributed by atoms with E-state index < -0.39 is 41.5 Å². The molecule has 3 aliphatic rings.